The molecule has 1 aliphatic rings. The van der Waals surface area contributed by atoms with Crippen LogP contribution in [0.25, 0.3) is 0 Å². The summed E-state index contributed by atoms with van der Waals surface area (Å²) in [6.45, 7) is 1.64. The van der Waals surface area contributed by atoms with Gasteiger partial charge in [0.25, 0.3) is 0 Å². The van der Waals surface area contributed by atoms with Crippen molar-refractivity contribution in [2.75, 3.05) is 11.9 Å². The number of anilines is 1. The van der Waals surface area contributed by atoms with Crippen LogP contribution in [-0.2, 0) is 13.0 Å². The van der Waals surface area contributed by atoms with E-state index in [0.717, 1.165) is 41.9 Å². The molecule has 3 aromatic rings. The van der Waals surface area contributed by atoms with Crippen molar-refractivity contribution in [3.63, 3.8) is 0 Å². The van der Waals surface area contributed by atoms with Crippen molar-refractivity contribution >= 4 is 11.8 Å². The maximum atomic E-state index is 12.7. The number of carbonyl (C=O) groups excluding carboxylic acids is 1. The number of nitrogens with zero attached hydrogens (tertiary/aromatic N) is 1. The summed E-state index contributed by atoms with van der Waals surface area (Å²) in [5.41, 5.74) is 4.17. The van der Waals surface area contributed by atoms with Crippen LogP contribution in [0.15, 0.2) is 60.7 Å². The molecule has 2 amide bonds. The highest BCUT2D eigenvalue weighted by Gasteiger charge is 2.20. The van der Waals surface area contributed by atoms with E-state index in [1.807, 2.05) is 60.7 Å². The van der Waals surface area contributed by atoms with Gasteiger partial charge in [-0.05, 0) is 24.1 Å². The number of carbonyl (C=O) groups is 1. The fraction of sp³-hybridized carbons (Fsp3) is 0.200. The summed E-state index contributed by atoms with van der Waals surface area (Å²) in [5, 5.41) is 16.5. The van der Waals surface area contributed by atoms with E-state index in [1.165, 1.54) is 0 Å². The van der Waals surface area contributed by atoms with Crippen molar-refractivity contribution in [2.45, 2.75) is 19.0 Å². The van der Waals surface area contributed by atoms with Crippen LogP contribution >= 0.6 is 0 Å². The van der Waals surface area contributed by atoms with E-state index in [-0.39, 0.29) is 12.1 Å². The molecule has 1 aliphatic heterocycles. The second-order valence-electron chi connectivity index (χ2n) is 6.31. The van der Waals surface area contributed by atoms with Crippen molar-refractivity contribution in [1.29, 1.82) is 0 Å². The number of rotatable bonds is 4. The number of aromatic amines is 1. The average molecular weight is 347 g/mol. The summed E-state index contributed by atoms with van der Waals surface area (Å²) >= 11 is 0. The van der Waals surface area contributed by atoms with Gasteiger partial charge in [-0.3, -0.25) is 10.4 Å². The van der Waals surface area contributed by atoms with Crippen molar-refractivity contribution < 1.29 is 4.79 Å². The molecule has 0 unspecified atom stereocenters. The van der Waals surface area contributed by atoms with Crippen LogP contribution in [0, 0.1) is 0 Å². The summed E-state index contributed by atoms with van der Waals surface area (Å²) in [7, 11) is 0. The van der Waals surface area contributed by atoms with Crippen molar-refractivity contribution in [2.24, 2.45) is 0 Å². The third kappa shape index (κ3) is 3.45. The van der Waals surface area contributed by atoms with Gasteiger partial charge >= 0.3 is 6.03 Å². The van der Waals surface area contributed by atoms with Crippen molar-refractivity contribution in [3.8, 4) is 0 Å². The number of fused-ring (bicyclic) bond motifs is 1. The van der Waals surface area contributed by atoms with Gasteiger partial charge < -0.3 is 10.6 Å². The Balaban J connectivity index is 1.54. The Morgan fingerprint density at radius 3 is 2.31 bits per heavy atom. The molecule has 4 N–H and O–H groups in total. The monoisotopic (exact) mass is 347 g/mol. The molecule has 0 saturated carbocycles. The Labute approximate surface area is 152 Å². The molecule has 0 aliphatic carbocycles. The van der Waals surface area contributed by atoms with Crippen LogP contribution in [0.3, 0.4) is 0 Å². The molecule has 4 rings (SSSR count). The molecule has 0 atom stereocenters. The lowest BCUT2D eigenvalue weighted by molar-refractivity contribution is 0.250. The summed E-state index contributed by atoms with van der Waals surface area (Å²) in [5.74, 6) is 0.610. The van der Waals surface area contributed by atoms with Gasteiger partial charge in [-0.2, -0.15) is 5.10 Å². The molecule has 0 fully saturated rings. The second kappa shape index (κ2) is 7.41. The Bertz CT molecular complexity index is 836. The fourth-order valence-corrected chi connectivity index (χ4v) is 3.27. The number of H-pyrrole nitrogens is 1. The number of nitrogens with one attached hydrogen (secondary N) is 4. The van der Waals surface area contributed by atoms with Crippen LogP contribution in [-0.4, -0.2) is 22.8 Å². The SMILES string of the molecule is O=C(Nc1n[nH]c2c1CCNC2)NC(c1ccccc1)c1ccccc1. The zero-order chi connectivity index (χ0) is 17.8. The number of urea groups is 1. The first-order valence-corrected chi connectivity index (χ1v) is 8.75. The molecule has 0 spiro atoms. The van der Waals surface area contributed by atoms with Gasteiger partial charge in [0.1, 0.15) is 0 Å². The van der Waals surface area contributed by atoms with Crippen LogP contribution in [0.2, 0.25) is 0 Å². The van der Waals surface area contributed by atoms with E-state index >= 15 is 0 Å². The molecule has 0 bridgehead atoms. The van der Waals surface area contributed by atoms with E-state index in [1.54, 1.807) is 0 Å². The van der Waals surface area contributed by atoms with Gasteiger partial charge in [-0.15, -0.1) is 0 Å². The fourth-order valence-electron chi connectivity index (χ4n) is 3.27. The third-order valence-electron chi connectivity index (χ3n) is 4.58. The van der Waals surface area contributed by atoms with Crippen LogP contribution in [0.1, 0.15) is 28.4 Å². The summed E-state index contributed by atoms with van der Waals surface area (Å²) in [6.07, 6.45) is 0.849. The first-order chi connectivity index (χ1) is 12.8. The number of amides is 2. The minimum Gasteiger partial charge on any atom is -0.327 e. The maximum Gasteiger partial charge on any atom is 0.321 e. The largest absolute Gasteiger partial charge is 0.327 e. The Kier molecular flexibility index (Phi) is 4.66. The predicted molar refractivity (Wildman–Crippen MR) is 101 cm³/mol. The lowest BCUT2D eigenvalue weighted by Gasteiger charge is -2.20. The first-order valence-electron chi connectivity index (χ1n) is 8.75. The van der Waals surface area contributed by atoms with E-state index in [2.05, 4.69) is 26.1 Å². The predicted octanol–water partition coefficient (Wildman–Crippen LogP) is 2.97. The number of aromatic nitrogens is 2. The first kappa shape index (κ1) is 16.4. The normalized spacial score (nSPS) is 13.3. The maximum absolute atomic E-state index is 12.7. The third-order valence-corrected chi connectivity index (χ3v) is 4.58. The standard InChI is InChI=1S/C20H21N5O/c26-20(23-19-16-11-12-21-13-17(16)24-25-19)22-18(14-7-3-1-4-8-14)15-9-5-2-6-10-15/h1-10,18,21H,11-13H2,(H3,22,23,24,25,26). The van der Waals surface area contributed by atoms with E-state index in [4.69, 9.17) is 0 Å². The number of benzene rings is 2. The summed E-state index contributed by atoms with van der Waals surface area (Å²) in [6, 6.07) is 19.4. The second-order valence-corrected chi connectivity index (χ2v) is 6.31. The average Bonchev–Trinajstić information content (AvgIpc) is 3.10. The summed E-state index contributed by atoms with van der Waals surface area (Å²) < 4.78 is 0. The quantitative estimate of drug-likeness (QED) is 0.586. The van der Waals surface area contributed by atoms with Gasteiger partial charge in [-0.25, -0.2) is 4.79 Å². The minimum atomic E-state index is -0.268. The lowest BCUT2D eigenvalue weighted by atomic mass is 9.99. The van der Waals surface area contributed by atoms with Gasteiger partial charge in [0.05, 0.1) is 11.7 Å². The molecule has 26 heavy (non-hydrogen) atoms. The molecule has 6 heteroatoms. The van der Waals surface area contributed by atoms with E-state index in [0.29, 0.717) is 5.82 Å². The Morgan fingerprint density at radius 1 is 1.00 bits per heavy atom. The zero-order valence-electron chi connectivity index (χ0n) is 14.3. The van der Waals surface area contributed by atoms with Crippen molar-refractivity contribution in [3.05, 3.63) is 83.0 Å². The molecule has 2 heterocycles. The van der Waals surface area contributed by atoms with Gasteiger partial charge in [0.15, 0.2) is 5.82 Å². The van der Waals surface area contributed by atoms with Gasteiger partial charge in [0.2, 0.25) is 0 Å². The minimum absolute atomic E-state index is 0.228. The van der Waals surface area contributed by atoms with E-state index < -0.39 is 0 Å². The number of hydrogen-bond donors (Lipinski definition) is 4. The smallest absolute Gasteiger partial charge is 0.321 e. The molecule has 132 valence electrons. The van der Waals surface area contributed by atoms with Crippen LogP contribution in [0.5, 0.6) is 0 Å². The molecular weight excluding hydrogens is 326 g/mol. The van der Waals surface area contributed by atoms with E-state index in [9.17, 15) is 4.79 Å². The molecule has 1 aromatic heterocycles. The lowest BCUT2D eigenvalue weighted by Crippen LogP contribution is -2.34. The molecule has 2 aromatic carbocycles. The molecule has 0 radical (unpaired) electrons. The number of hydrogen-bond acceptors (Lipinski definition) is 3. The Morgan fingerprint density at radius 2 is 1.65 bits per heavy atom. The zero-order valence-corrected chi connectivity index (χ0v) is 14.3. The van der Waals surface area contributed by atoms with Crippen LogP contribution in [0.4, 0.5) is 10.6 Å². The van der Waals surface area contributed by atoms with Gasteiger partial charge in [-0.1, -0.05) is 60.7 Å². The van der Waals surface area contributed by atoms with Crippen molar-refractivity contribution in [1.82, 2.24) is 20.8 Å². The summed E-state index contributed by atoms with van der Waals surface area (Å²) in [4.78, 5) is 12.7. The van der Waals surface area contributed by atoms with Crippen LogP contribution < -0.4 is 16.0 Å². The molecule has 0 saturated heterocycles. The highest BCUT2D eigenvalue weighted by Crippen LogP contribution is 2.23. The Hall–Kier alpha value is -3.12. The van der Waals surface area contributed by atoms with Gasteiger partial charge in [0, 0.05) is 12.1 Å². The highest BCUT2D eigenvalue weighted by molar-refractivity contribution is 5.89. The topological polar surface area (TPSA) is 81.8 Å². The molecular formula is C20H21N5O. The molecule has 6 nitrogen and oxygen atoms in total. The highest BCUT2D eigenvalue weighted by atomic mass is 16.2.